The highest BCUT2D eigenvalue weighted by molar-refractivity contribution is 5.81. The van der Waals surface area contributed by atoms with Gasteiger partial charge in [-0.1, -0.05) is 0 Å². The molecule has 0 saturated carbocycles. The predicted octanol–water partition coefficient (Wildman–Crippen LogP) is -3.71. The Hall–Kier alpha value is -3.50. The fourth-order valence-corrected chi connectivity index (χ4v) is 2.64. The first-order chi connectivity index (χ1) is 22.9. The van der Waals surface area contributed by atoms with Gasteiger partial charge in [-0.05, 0) is 41.5 Å². The van der Waals surface area contributed by atoms with Crippen molar-refractivity contribution in [3.63, 3.8) is 0 Å². The molecule has 0 aromatic carbocycles. The number of aliphatic carboxylic acids is 2. The second-order valence-corrected chi connectivity index (χ2v) is 13.5. The van der Waals surface area contributed by atoms with Gasteiger partial charge >= 0.3 is 35.8 Å². The van der Waals surface area contributed by atoms with Gasteiger partial charge in [0.05, 0.1) is 52.9 Å². The van der Waals surface area contributed by atoms with Crippen LogP contribution in [0.2, 0.25) is 0 Å². The zero-order valence-electron chi connectivity index (χ0n) is 29.0. The highest BCUT2D eigenvalue weighted by Crippen LogP contribution is 2.26. The summed E-state index contributed by atoms with van der Waals surface area (Å²) in [6.07, 6.45) is 0. The van der Waals surface area contributed by atoms with E-state index in [9.17, 15) is 39.0 Å². The molecule has 50 heavy (non-hydrogen) atoms. The molecule has 0 radical (unpaired) electrons. The molecule has 0 bridgehead atoms. The first-order valence-electron chi connectivity index (χ1n) is 14.9. The van der Waals surface area contributed by atoms with Crippen molar-refractivity contribution >= 4 is 35.8 Å². The molecule has 10 N–H and O–H groups in total. The fourth-order valence-electron chi connectivity index (χ4n) is 2.64. The number of aliphatic hydroxyl groups is 8. The Balaban J connectivity index is 0. The second-order valence-electron chi connectivity index (χ2n) is 13.5. The number of esters is 4. The summed E-state index contributed by atoms with van der Waals surface area (Å²) in [6, 6.07) is 0. The van der Waals surface area contributed by atoms with Crippen molar-refractivity contribution in [2.45, 2.75) is 41.5 Å². The molecular weight excluding hydrogens is 680 g/mol. The molecule has 0 amide bonds. The van der Waals surface area contributed by atoms with E-state index >= 15 is 0 Å². The Morgan fingerprint density at radius 1 is 0.340 bits per heavy atom. The van der Waals surface area contributed by atoms with Crippen LogP contribution in [0.5, 0.6) is 0 Å². The SMILES string of the molecule is CC(CO)(COC(=O)C(C)(CO)COC(=O)C(C)(CO)CO)C(=O)O.CC(COC(=O)C(C)(CO)CO)(COC(=O)C(C)(CO)CO)C(=O)O. The van der Waals surface area contributed by atoms with Crippen molar-refractivity contribution < 1.29 is 98.8 Å². The Morgan fingerprint density at radius 2 is 0.520 bits per heavy atom. The number of carbonyl (C=O) groups excluding carboxylic acids is 4. The summed E-state index contributed by atoms with van der Waals surface area (Å²) in [6.45, 7) is -1.04. The summed E-state index contributed by atoms with van der Waals surface area (Å²) in [7, 11) is 0. The summed E-state index contributed by atoms with van der Waals surface area (Å²) >= 11 is 0. The van der Waals surface area contributed by atoms with Gasteiger partial charge in [0.1, 0.15) is 58.9 Å². The van der Waals surface area contributed by atoms with E-state index in [0.717, 1.165) is 0 Å². The molecule has 0 fully saturated rings. The largest absolute Gasteiger partial charge is 0.481 e. The highest BCUT2D eigenvalue weighted by Gasteiger charge is 2.44. The summed E-state index contributed by atoms with van der Waals surface area (Å²) in [4.78, 5) is 70.3. The van der Waals surface area contributed by atoms with E-state index < -0.39 is 148 Å². The second kappa shape index (κ2) is 20.4. The number of carboxylic acids is 2. The number of hydrogen-bond acceptors (Lipinski definition) is 18. The predicted molar refractivity (Wildman–Crippen MR) is 164 cm³/mol. The van der Waals surface area contributed by atoms with Gasteiger partial charge in [0.2, 0.25) is 0 Å². The van der Waals surface area contributed by atoms with Crippen LogP contribution in [-0.2, 0) is 47.7 Å². The number of ether oxygens (including phenoxy) is 4. The number of rotatable bonds is 22. The quantitative estimate of drug-likeness (QED) is 0.0378. The minimum Gasteiger partial charge on any atom is -0.481 e. The maximum absolute atomic E-state index is 12.1. The third-order valence-corrected chi connectivity index (χ3v) is 7.88. The fraction of sp³-hybridized carbons (Fsp3) is 0.800. The van der Waals surface area contributed by atoms with Crippen LogP contribution in [0.4, 0.5) is 0 Å². The first-order valence-corrected chi connectivity index (χ1v) is 14.9. The molecule has 292 valence electrons. The third-order valence-electron chi connectivity index (χ3n) is 7.88. The summed E-state index contributed by atoms with van der Waals surface area (Å²) < 4.78 is 19.5. The molecule has 2 unspecified atom stereocenters. The van der Waals surface area contributed by atoms with Crippen molar-refractivity contribution in [3.05, 3.63) is 0 Å². The molecule has 20 heteroatoms. The van der Waals surface area contributed by atoms with Gasteiger partial charge in [-0.25, -0.2) is 0 Å². The van der Waals surface area contributed by atoms with E-state index in [2.05, 4.69) is 0 Å². The molecule has 0 aliphatic rings. The summed E-state index contributed by atoms with van der Waals surface area (Å²) in [5.74, 6) is -6.81. The first kappa shape index (κ1) is 48.6. The molecule has 0 heterocycles. The number of hydrogen-bond donors (Lipinski definition) is 10. The van der Waals surface area contributed by atoms with Gasteiger partial charge in [0.25, 0.3) is 0 Å². The van der Waals surface area contributed by atoms with Crippen LogP contribution in [-0.4, -0.2) is 166 Å². The Bertz CT molecular complexity index is 1110. The van der Waals surface area contributed by atoms with E-state index in [-0.39, 0.29) is 0 Å². The molecule has 20 nitrogen and oxygen atoms in total. The van der Waals surface area contributed by atoms with Crippen molar-refractivity contribution in [2.75, 3.05) is 79.3 Å². The molecule has 0 spiro atoms. The van der Waals surface area contributed by atoms with Crippen LogP contribution in [0.3, 0.4) is 0 Å². The Morgan fingerprint density at radius 3 is 0.720 bits per heavy atom. The lowest BCUT2D eigenvalue weighted by Gasteiger charge is -2.29. The third kappa shape index (κ3) is 13.0. The molecule has 0 aliphatic carbocycles. The number of aliphatic hydroxyl groups excluding tert-OH is 8. The van der Waals surface area contributed by atoms with Crippen LogP contribution in [0, 0.1) is 32.5 Å². The van der Waals surface area contributed by atoms with Crippen LogP contribution in [0.1, 0.15) is 41.5 Å². The van der Waals surface area contributed by atoms with Crippen LogP contribution in [0.25, 0.3) is 0 Å². The van der Waals surface area contributed by atoms with E-state index in [1.54, 1.807) is 0 Å². The van der Waals surface area contributed by atoms with Crippen molar-refractivity contribution in [1.29, 1.82) is 0 Å². The van der Waals surface area contributed by atoms with Crippen LogP contribution in [0.15, 0.2) is 0 Å². The van der Waals surface area contributed by atoms with E-state index in [4.69, 9.17) is 59.8 Å². The number of carbonyl (C=O) groups is 6. The van der Waals surface area contributed by atoms with Gasteiger partial charge in [-0.15, -0.1) is 0 Å². The topological polar surface area (TPSA) is 342 Å². The van der Waals surface area contributed by atoms with E-state index in [0.29, 0.717) is 0 Å². The lowest BCUT2D eigenvalue weighted by Crippen LogP contribution is -2.45. The van der Waals surface area contributed by atoms with E-state index in [1.807, 2.05) is 0 Å². The normalized spacial score (nSPS) is 14.5. The molecule has 0 saturated heterocycles. The van der Waals surface area contributed by atoms with Crippen LogP contribution < -0.4 is 0 Å². The van der Waals surface area contributed by atoms with E-state index in [1.165, 1.54) is 41.5 Å². The zero-order chi connectivity index (χ0) is 39.8. The molecule has 2 atom stereocenters. The van der Waals surface area contributed by atoms with Crippen molar-refractivity contribution in [2.24, 2.45) is 32.5 Å². The molecule has 0 rings (SSSR count). The van der Waals surface area contributed by atoms with Crippen molar-refractivity contribution in [3.8, 4) is 0 Å². The Labute approximate surface area is 288 Å². The lowest BCUT2D eigenvalue weighted by atomic mass is 9.90. The minimum absolute atomic E-state index is 0.611. The van der Waals surface area contributed by atoms with Gasteiger partial charge in [0.15, 0.2) is 0 Å². The Kier molecular flexibility index (Phi) is 19.8. The lowest BCUT2D eigenvalue weighted by molar-refractivity contribution is -0.179. The standard InChI is InChI=1S/2C15H26O10/c1-13(4-16,5-17)11(22)25-9-15(3,7-19)12(23)24-8-14(2,6-18)10(20)21;1-13(4-16,5-17)11(22)24-8-15(3,10(20)21)9-25-12(23)14(2,6-18)7-19/h2*16-19H,4-9H2,1-3H3,(H,20,21). The molecule has 0 aromatic heterocycles. The van der Waals surface area contributed by atoms with Gasteiger partial charge in [-0.3, -0.25) is 28.8 Å². The average Bonchev–Trinajstić information content (AvgIpc) is 3.12. The summed E-state index contributed by atoms with van der Waals surface area (Å²) in [5.41, 5.74) is -9.96. The van der Waals surface area contributed by atoms with Gasteiger partial charge in [0, 0.05) is 0 Å². The summed E-state index contributed by atoms with van der Waals surface area (Å²) in [5, 5.41) is 91.6. The monoisotopic (exact) mass is 732 g/mol. The maximum Gasteiger partial charge on any atom is 0.317 e. The average molecular weight is 733 g/mol. The zero-order valence-corrected chi connectivity index (χ0v) is 29.0. The molecular formula is C30H52O20. The van der Waals surface area contributed by atoms with Crippen LogP contribution >= 0.6 is 0 Å². The van der Waals surface area contributed by atoms with Gasteiger partial charge in [-0.2, -0.15) is 0 Å². The maximum atomic E-state index is 12.1. The molecule has 0 aromatic rings. The minimum atomic E-state index is -1.80. The smallest absolute Gasteiger partial charge is 0.317 e. The number of carboxylic acid groups (broad SMARTS) is 2. The highest BCUT2D eigenvalue weighted by atomic mass is 16.6. The molecule has 0 aliphatic heterocycles. The van der Waals surface area contributed by atoms with Crippen molar-refractivity contribution in [1.82, 2.24) is 0 Å². The van der Waals surface area contributed by atoms with Gasteiger partial charge < -0.3 is 70.0 Å².